The van der Waals surface area contributed by atoms with Gasteiger partial charge in [0.2, 0.25) is 0 Å². The molecule has 1 rings (SSSR count). The smallest absolute Gasteiger partial charge is 0.142 e. The van der Waals surface area contributed by atoms with Gasteiger partial charge in [0.15, 0.2) is 0 Å². The summed E-state index contributed by atoms with van der Waals surface area (Å²) in [6.45, 7) is 7.33. The first kappa shape index (κ1) is 11.0. The number of rotatable bonds is 4. The van der Waals surface area contributed by atoms with Gasteiger partial charge in [0.05, 0.1) is 12.8 Å². The van der Waals surface area contributed by atoms with Crippen molar-refractivity contribution in [2.75, 3.05) is 6.61 Å². The molecule has 0 amide bonds. The molecule has 2 N–H and O–H groups in total. The third-order valence-corrected chi connectivity index (χ3v) is 2.08. The van der Waals surface area contributed by atoms with Crippen molar-refractivity contribution in [3.63, 3.8) is 0 Å². The van der Waals surface area contributed by atoms with E-state index >= 15 is 0 Å². The van der Waals surface area contributed by atoms with Crippen LogP contribution in [0.2, 0.25) is 0 Å². The maximum atomic E-state index is 5.64. The average molecular weight is 194 g/mol. The molecular formula is C11H18N2O. The van der Waals surface area contributed by atoms with Gasteiger partial charge in [0.25, 0.3) is 0 Å². The van der Waals surface area contributed by atoms with Gasteiger partial charge in [0.1, 0.15) is 5.75 Å². The largest absolute Gasteiger partial charge is 0.492 e. The minimum Gasteiger partial charge on any atom is -0.492 e. The van der Waals surface area contributed by atoms with Crippen molar-refractivity contribution in [2.24, 2.45) is 5.73 Å². The van der Waals surface area contributed by atoms with Crippen molar-refractivity contribution >= 4 is 0 Å². The minimum atomic E-state index is 0.427. The number of nitrogens with two attached hydrogens (primary N) is 1. The van der Waals surface area contributed by atoms with Crippen LogP contribution in [0.5, 0.6) is 5.75 Å². The highest BCUT2D eigenvalue weighted by molar-refractivity contribution is 5.33. The number of hydrogen-bond acceptors (Lipinski definition) is 3. The fourth-order valence-electron chi connectivity index (χ4n) is 1.26. The molecule has 14 heavy (non-hydrogen) atoms. The van der Waals surface area contributed by atoms with E-state index in [1.807, 2.05) is 13.0 Å². The van der Waals surface area contributed by atoms with Gasteiger partial charge in [-0.2, -0.15) is 0 Å². The first-order valence-electron chi connectivity index (χ1n) is 5.00. The van der Waals surface area contributed by atoms with E-state index in [4.69, 9.17) is 10.5 Å². The topological polar surface area (TPSA) is 48.1 Å². The minimum absolute atomic E-state index is 0.427. The second-order valence-electron chi connectivity index (χ2n) is 3.51. The third-order valence-electron chi connectivity index (χ3n) is 2.08. The molecule has 3 heteroatoms. The van der Waals surface area contributed by atoms with E-state index in [0.717, 1.165) is 17.0 Å². The quantitative estimate of drug-likeness (QED) is 0.798. The Morgan fingerprint density at radius 1 is 1.50 bits per heavy atom. The summed E-state index contributed by atoms with van der Waals surface area (Å²) >= 11 is 0. The monoisotopic (exact) mass is 194 g/mol. The van der Waals surface area contributed by atoms with Crippen LogP contribution in [0.4, 0.5) is 0 Å². The Morgan fingerprint density at radius 2 is 2.21 bits per heavy atom. The van der Waals surface area contributed by atoms with E-state index in [1.165, 1.54) is 0 Å². The number of aromatic nitrogens is 1. The average Bonchev–Trinajstić information content (AvgIpc) is 2.18. The van der Waals surface area contributed by atoms with E-state index < -0.39 is 0 Å². The maximum absolute atomic E-state index is 5.64. The van der Waals surface area contributed by atoms with Gasteiger partial charge in [-0.25, -0.2) is 0 Å². The standard InChI is InChI=1S/C11H18N2O/c1-4-14-11-7-13-10(8(2)3)5-9(11)6-12/h5,7-8H,4,6,12H2,1-3H3. The molecule has 3 nitrogen and oxygen atoms in total. The first-order valence-corrected chi connectivity index (χ1v) is 5.00. The molecular weight excluding hydrogens is 176 g/mol. The van der Waals surface area contributed by atoms with Crippen molar-refractivity contribution in [3.8, 4) is 5.75 Å². The van der Waals surface area contributed by atoms with Crippen LogP contribution in [0.3, 0.4) is 0 Å². The SMILES string of the molecule is CCOc1cnc(C(C)C)cc1CN. The van der Waals surface area contributed by atoms with Gasteiger partial charge in [0, 0.05) is 17.8 Å². The Bertz CT molecular complexity index is 297. The number of nitrogens with zero attached hydrogens (tertiary/aromatic N) is 1. The predicted octanol–water partition coefficient (Wildman–Crippen LogP) is 2.06. The molecule has 0 aromatic carbocycles. The van der Waals surface area contributed by atoms with E-state index in [0.29, 0.717) is 19.1 Å². The van der Waals surface area contributed by atoms with Crippen LogP contribution in [0.1, 0.15) is 37.9 Å². The fourth-order valence-corrected chi connectivity index (χ4v) is 1.26. The summed E-state index contributed by atoms with van der Waals surface area (Å²) in [5.74, 6) is 1.23. The Hall–Kier alpha value is -1.09. The van der Waals surface area contributed by atoms with Crippen molar-refractivity contribution in [1.29, 1.82) is 0 Å². The highest BCUT2D eigenvalue weighted by Crippen LogP contribution is 2.21. The zero-order valence-corrected chi connectivity index (χ0v) is 9.08. The molecule has 0 spiro atoms. The summed E-state index contributed by atoms with van der Waals surface area (Å²) in [5, 5.41) is 0. The van der Waals surface area contributed by atoms with Crippen LogP contribution in [0, 0.1) is 0 Å². The zero-order chi connectivity index (χ0) is 10.6. The van der Waals surface area contributed by atoms with Crippen LogP contribution in [0.15, 0.2) is 12.3 Å². The Kier molecular flexibility index (Phi) is 3.89. The summed E-state index contributed by atoms with van der Waals surface area (Å²) in [7, 11) is 0. The third kappa shape index (κ3) is 2.45. The molecule has 0 bridgehead atoms. The fraction of sp³-hybridized carbons (Fsp3) is 0.545. The van der Waals surface area contributed by atoms with Crippen molar-refractivity contribution in [2.45, 2.75) is 33.2 Å². The van der Waals surface area contributed by atoms with Gasteiger partial charge in [-0.05, 0) is 18.9 Å². The molecule has 0 aliphatic carbocycles. The van der Waals surface area contributed by atoms with E-state index in [-0.39, 0.29) is 0 Å². The van der Waals surface area contributed by atoms with Crippen molar-refractivity contribution in [1.82, 2.24) is 4.98 Å². The maximum Gasteiger partial charge on any atom is 0.142 e. The summed E-state index contributed by atoms with van der Waals surface area (Å²) in [5.41, 5.74) is 7.74. The summed E-state index contributed by atoms with van der Waals surface area (Å²) in [6, 6.07) is 2.02. The highest BCUT2D eigenvalue weighted by atomic mass is 16.5. The lowest BCUT2D eigenvalue weighted by molar-refractivity contribution is 0.335. The van der Waals surface area contributed by atoms with Gasteiger partial charge >= 0.3 is 0 Å². The molecule has 0 atom stereocenters. The molecule has 1 aromatic rings. The molecule has 78 valence electrons. The van der Waals surface area contributed by atoms with Crippen LogP contribution in [0.25, 0.3) is 0 Å². The lowest BCUT2D eigenvalue weighted by Crippen LogP contribution is -2.05. The van der Waals surface area contributed by atoms with E-state index in [2.05, 4.69) is 18.8 Å². The Morgan fingerprint density at radius 3 is 2.71 bits per heavy atom. The molecule has 0 saturated carbocycles. The molecule has 1 heterocycles. The second kappa shape index (κ2) is 4.96. The van der Waals surface area contributed by atoms with Crippen molar-refractivity contribution < 1.29 is 4.74 Å². The Labute approximate surface area is 85.3 Å². The van der Waals surface area contributed by atoms with Crippen LogP contribution < -0.4 is 10.5 Å². The number of ether oxygens (including phenoxy) is 1. The summed E-state index contributed by atoms with van der Waals surface area (Å²) in [6.07, 6.45) is 1.76. The number of hydrogen-bond donors (Lipinski definition) is 1. The molecule has 0 unspecified atom stereocenters. The Balaban J connectivity index is 2.98. The molecule has 0 fully saturated rings. The second-order valence-corrected chi connectivity index (χ2v) is 3.51. The van der Waals surface area contributed by atoms with Gasteiger partial charge in [-0.3, -0.25) is 4.98 Å². The van der Waals surface area contributed by atoms with Crippen LogP contribution >= 0.6 is 0 Å². The predicted molar refractivity (Wildman–Crippen MR) is 57.4 cm³/mol. The lowest BCUT2D eigenvalue weighted by atomic mass is 10.1. The van der Waals surface area contributed by atoms with E-state index in [1.54, 1.807) is 6.20 Å². The molecule has 0 radical (unpaired) electrons. The van der Waals surface area contributed by atoms with E-state index in [9.17, 15) is 0 Å². The molecule has 0 aliphatic heterocycles. The lowest BCUT2D eigenvalue weighted by Gasteiger charge is -2.11. The highest BCUT2D eigenvalue weighted by Gasteiger charge is 2.06. The first-order chi connectivity index (χ1) is 6.69. The summed E-state index contributed by atoms with van der Waals surface area (Å²) < 4.78 is 5.42. The molecule has 0 aliphatic rings. The van der Waals surface area contributed by atoms with Crippen LogP contribution in [-0.2, 0) is 6.54 Å². The van der Waals surface area contributed by atoms with Crippen LogP contribution in [-0.4, -0.2) is 11.6 Å². The van der Waals surface area contributed by atoms with Gasteiger partial charge < -0.3 is 10.5 Å². The zero-order valence-electron chi connectivity index (χ0n) is 9.08. The molecule has 1 aromatic heterocycles. The van der Waals surface area contributed by atoms with Crippen molar-refractivity contribution in [3.05, 3.63) is 23.5 Å². The summed E-state index contributed by atoms with van der Waals surface area (Å²) in [4.78, 5) is 4.32. The normalized spacial score (nSPS) is 10.6. The molecule has 0 saturated heterocycles. The number of pyridine rings is 1. The van der Waals surface area contributed by atoms with Gasteiger partial charge in [-0.1, -0.05) is 13.8 Å². The van der Waals surface area contributed by atoms with Gasteiger partial charge in [-0.15, -0.1) is 0 Å².